The first-order valence-electron chi connectivity index (χ1n) is 10.9. The summed E-state index contributed by atoms with van der Waals surface area (Å²) in [6, 6.07) is 13.9. The van der Waals surface area contributed by atoms with E-state index in [0.717, 1.165) is 32.6 Å². The molecule has 0 saturated carbocycles. The molecule has 3 aromatic rings. The Bertz CT molecular complexity index is 1010. The van der Waals surface area contributed by atoms with E-state index in [4.69, 9.17) is 9.15 Å². The number of anilines is 1. The first kappa shape index (κ1) is 24.2. The fourth-order valence-electron chi connectivity index (χ4n) is 3.69. The number of thioether (sulfide) groups is 1. The molecule has 0 spiro atoms. The van der Waals surface area contributed by atoms with Crippen LogP contribution >= 0.6 is 11.8 Å². The second-order valence-corrected chi connectivity index (χ2v) is 8.67. The van der Waals surface area contributed by atoms with Crippen molar-refractivity contribution in [1.82, 2.24) is 9.88 Å². The highest BCUT2D eigenvalue weighted by Gasteiger charge is 2.20. The van der Waals surface area contributed by atoms with Gasteiger partial charge in [-0.25, -0.2) is 4.79 Å². The van der Waals surface area contributed by atoms with Crippen LogP contribution in [0.5, 0.6) is 5.75 Å². The van der Waals surface area contributed by atoms with E-state index in [-0.39, 0.29) is 6.61 Å². The number of nitrogens with zero attached hydrogens (tertiary/aromatic N) is 2. The normalized spacial score (nSPS) is 15.3. The van der Waals surface area contributed by atoms with Gasteiger partial charge in [-0.3, -0.25) is 9.88 Å². The second-order valence-electron chi connectivity index (χ2n) is 7.85. The van der Waals surface area contributed by atoms with Gasteiger partial charge in [-0.15, -0.1) is 0 Å². The molecule has 0 unspecified atom stereocenters. The topological polar surface area (TPSA) is 81.9 Å². The number of fused-ring (bicyclic) bond motifs is 1. The summed E-state index contributed by atoms with van der Waals surface area (Å²) in [5, 5.41) is 10.4. The van der Waals surface area contributed by atoms with Gasteiger partial charge in [0.15, 0.2) is 5.58 Å². The number of nitrogens with one attached hydrogen (secondary N) is 1. The van der Waals surface area contributed by atoms with Crippen LogP contribution in [0.4, 0.5) is 5.69 Å². The van der Waals surface area contributed by atoms with Gasteiger partial charge in [-0.2, -0.15) is 11.8 Å². The Hall–Kier alpha value is -2.42. The Morgan fingerprint density at radius 3 is 2.47 bits per heavy atom. The Labute approximate surface area is 193 Å². The lowest BCUT2D eigenvalue weighted by atomic mass is 10.1. The summed E-state index contributed by atoms with van der Waals surface area (Å²) in [4.78, 5) is 18.5. The van der Waals surface area contributed by atoms with Gasteiger partial charge in [0.25, 0.3) is 0 Å². The van der Waals surface area contributed by atoms with Gasteiger partial charge in [0, 0.05) is 44.5 Å². The average molecular weight is 460 g/mol. The Kier molecular flexibility index (Phi) is 9.08. The molecule has 4 rings (SSSR count). The number of hydrogen-bond acceptors (Lipinski definition) is 7. The Morgan fingerprint density at radius 1 is 1.12 bits per heavy atom. The summed E-state index contributed by atoms with van der Waals surface area (Å²) < 4.78 is 10.7. The van der Waals surface area contributed by atoms with E-state index in [0.29, 0.717) is 23.4 Å². The van der Waals surface area contributed by atoms with Gasteiger partial charge >= 0.3 is 5.76 Å². The zero-order chi connectivity index (χ0) is 22.9. The molecule has 8 heteroatoms. The lowest BCUT2D eigenvalue weighted by Gasteiger charge is -2.37. The van der Waals surface area contributed by atoms with E-state index >= 15 is 0 Å². The van der Waals surface area contributed by atoms with Gasteiger partial charge in [-0.05, 0) is 48.8 Å². The standard InChI is InChI=1S/C22H27N3O4.C2H6S/c1-2-16-3-5-17(6-4-16)25-11-9-24(10-12-25)14-18(26)15-28-19-7-8-20-21(13-19)29-22(27)23-20;1-3-2/h3-8,13,18,26H,2,9-12,14-15H2,1H3,(H,23,27);1-2H3/t18-;/m0./s1. The van der Waals surface area contributed by atoms with E-state index in [2.05, 4.69) is 46.0 Å². The van der Waals surface area contributed by atoms with E-state index in [1.165, 1.54) is 11.3 Å². The predicted molar refractivity (Wildman–Crippen MR) is 132 cm³/mol. The van der Waals surface area contributed by atoms with Crippen LogP contribution in [-0.2, 0) is 6.42 Å². The highest BCUT2D eigenvalue weighted by Crippen LogP contribution is 2.19. The summed E-state index contributed by atoms with van der Waals surface area (Å²) in [7, 11) is 0. The fraction of sp³-hybridized carbons (Fsp3) is 0.458. The van der Waals surface area contributed by atoms with Crippen molar-refractivity contribution in [2.24, 2.45) is 0 Å². The minimum Gasteiger partial charge on any atom is -0.491 e. The molecule has 2 heterocycles. The molecule has 0 radical (unpaired) electrons. The first-order valence-corrected chi connectivity index (χ1v) is 12.6. The number of aromatic amines is 1. The molecule has 1 atom stereocenters. The molecule has 1 fully saturated rings. The number of β-amino-alcohol motifs (C(OH)–C–C–N with tert-alkyl or cyclic N) is 1. The molecule has 0 bridgehead atoms. The fourth-order valence-corrected chi connectivity index (χ4v) is 3.69. The maximum atomic E-state index is 11.2. The van der Waals surface area contributed by atoms with Crippen molar-refractivity contribution in [3.63, 3.8) is 0 Å². The van der Waals surface area contributed by atoms with E-state index in [1.54, 1.807) is 30.0 Å². The number of aliphatic hydroxyl groups excluding tert-OH is 1. The Morgan fingerprint density at radius 2 is 1.81 bits per heavy atom. The highest BCUT2D eigenvalue weighted by atomic mass is 32.2. The smallest absolute Gasteiger partial charge is 0.417 e. The average Bonchev–Trinajstić information content (AvgIpc) is 3.18. The molecular formula is C24H33N3O4S. The van der Waals surface area contributed by atoms with Crippen LogP contribution < -0.4 is 15.4 Å². The summed E-state index contributed by atoms with van der Waals surface area (Å²) in [6.07, 6.45) is 4.56. The van der Waals surface area contributed by atoms with E-state index in [1.807, 2.05) is 12.5 Å². The molecule has 7 nitrogen and oxygen atoms in total. The molecule has 1 aliphatic rings. The van der Waals surface area contributed by atoms with Crippen molar-refractivity contribution in [2.75, 3.05) is 56.7 Å². The summed E-state index contributed by atoms with van der Waals surface area (Å²) in [6.45, 7) is 6.65. The third kappa shape index (κ3) is 6.79. The van der Waals surface area contributed by atoms with Crippen LogP contribution in [0.1, 0.15) is 12.5 Å². The van der Waals surface area contributed by atoms with Gasteiger partial charge in [-0.1, -0.05) is 19.1 Å². The summed E-state index contributed by atoms with van der Waals surface area (Å²) in [5.74, 6) is 0.0808. The lowest BCUT2D eigenvalue weighted by Crippen LogP contribution is -2.49. The van der Waals surface area contributed by atoms with Gasteiger partial charge in [0.2, 0.25) is 0 Å². The van der Waals surface area contributed by atoms with Crippen molar-refractivity contribution < 1.29 is 14.3 Å². The number of piperazine rings is 1. The number of aryl methyl sites for hydroxylation is 1. The SMILES string of the molecule is CCc1ccc(N2CCN(C[C@H](O)COc3ccc4[nH]c(=O)oc4c3)CC2)cc1.CSC. The molecule has 1 saturated heterocycles. The molecule has 1 aliphatic heterocycles. The molecule has 32 heavy (non-hydrogen) atoms. The third-order valence-electron chi connectivity index (χ3n) is 5.39. The minimum atomic E-state index is -0.584. The van der Waals surface area contributed by atoms with E-state index < -0.39 is 11.9 Å². The van der Waals surface area contributed by atoms with Crippen LogP contribution in [-0.4, -0.2) is 72.9 Å². The van der Waals surface area contributed by atoms with Crippen molar-refractivity contribution in [3.05, 3.63) is 58.6 Å². The Balaban J connectivity index is 0.000000913. The zero-order valence-electron chi connectivity index (χ0n) is 19.0. The summed E-state index contributed by atoms with van der Waals surface area (Å²) in [5.41, 5.74) is 3.70. The van der Waals surface area contributed by atoms with Crippen LogP contribution in [0.15, 0.2) is 51.7 Å². The monoisotopic (exact) mass is 459 g/mol. The van der Waals surface area contributed by atoms with Crippen molar-refractivity contribution in [2.45, 2.75) is 19.4 Å². The van der Waals surface area contributed by atoms with Crippen LogP contribution in [0, 0.1) is 0 Å². The maximum Gasteiger partial charge on any atom is 0.417 e. The number of oxazole rings is 1. The van der Waals surface area contributed by atoms with Crippen LogP contribution in [0.25, 0.3) is 11.1 Å². The quantitative estimate of drug-likeness (QED) is 0.561. The number of hydrogen-bond donors (Lipinski definition) is 2. The number of benzene rings is 2. The van der Waals surface area contributed by atoms with Gasteiger partial charge < -0.3 is 19.2 Å². The van der Waals surface area contributed by atoms with Gasteiger partial charge in [0.05, 0.1) is 5.52 Å². The minimum absolute atomic E-state index is 0.193. The summed E-state index contributed by atoms with van der Waals surface area (Å²) >= 11 is 1.75. The highest BCUT2D eigenvalue weighted by molar-refractivity contribution is 7.97. The van der Waals surface area contributed by atoms with Crippen LogP contribution in [0.2, 0.25) is 0 Å². The third-order valence-corrected chi connectivity index (χ3v) is 5.39. The van der Waals surface area contributed by atoms with Crippen molar-refractivity contribution in [3.8, 4) is 5.75 Å². The number of aromatic nitrogens is 1. The molecule has 0 aliphatic carbocycles. The molecule has 2 N–H and O–H groups in total. The van der Waals surface area contributed by atoms with Crippen molar-refractivity contribution >= 4 is 28.5 Å². The van der Waals surface area contributed by atoms with Crippen LogP contribution in [0.3, 0.4) is 0 Å². The largest absolute Gasteiger partial charge is 0.491 e. The number of aliphatic hydroxyl groups is 1. The molecular weight excluding hydrogens is 426 g/mol. The predicted octanol–water partition coefficient (Wildman–Crippen LogP) is 3.22. The zero-order valence-corrected chi connectivity index (χ0v) is 19.9. The lowest BCUT2D eigenvalue weighted by molar-refractivity contribution is 0.0663. The molecule has 0 amide bonds. The van der Waals surface area contributed by atoms with Crippen molar-refractivity contribution in [1.29, 1.82) is 0 Å². The number of ether oxygens (including phenoxy) is 1. The molecule has 2 aromatic carbocycles. The maximum absolute atomic E-state index is 11.2. The second kappa shape index (κ2) is 12.0. The van der Waals surface area contributed by atoms with Gasteiger partial charge in [0.1, 0.15) is 18.5 Å². The number of rotatable bonds is 7. The number of H-pyrrole nitrogens is 1. The first-order chi connectivity index (χ1) is 15.5. The molecule has 1 aromatic heterocycles. The molecule has 174 valence electrons. The van der Waals surface area contributed by atoms with E-state index in [9.17, 15) is 9.90 Å².